The van der Waals surface area contributed by atoms with E-state index >= 15 is 0 Å². The van der Waals surface area contributed by atoms with E-state index in [4.69, 9.17) is 4.74 Å². The summed E-state index contributed by atoms with van der Waals surface area (Å²) < 4.78 is 48.6. The van der Waals surface area contributed by atoms with E-state index in [0.717, 1.165) is 50.4 Å². The molecule has 0 radical (unpaired) electrons. The Morgan fingerprint density at radius 2 is 1.74 bits per heavy atom. The van der Waals surface area contributed by atoms with Crippen LogP contribution in [-0.4, -0.2) is 71.2 Å². The molecule has 196 valence electrons. The molecule has 0 atom stereocenters. The number of ketones is 1. The molecule has 0 spiro atoms. The zero-order chi connectivity index (χ0) is 26.8. The van der Waals surface area contributed by atoms with Crippen molar-refractivity contribution in [3.8, 4) is 11.5 Å². The van der Waals surface area contributed by atoms with E-state index in [0.29, 0.717) is 16.6 Å². The zero-order valence-electron chi connectivity index (χ0n) is 20.4. The number of Topliss-reactive ketones (excluding diaryl/α,β-unsaturated/α-hetero) is 1. The Kier molecular flexibility index (Phi) is 7.12. The second-order valence-electron chi connectivity index (χ2n) is 9.04. The number of likely N-dealkylation sites (N-methyl/N-ethyl adjacent to an activating group) is 1. The number of pyridine rings is 1. The van der Waals surface area contributed by atoms with Gasteiger partial charge in [0.15, 0.2) is 17.3 Å². The fourth-order valence-corrected chi connectivity index (χ4v) is 4.31. The van der Waals surface area contributed by atoms with Gasteiger partial charge in [-0.3, -0.25) is 14.5 Å². The zero-order valence-corrected chi connectivity index (χ0v) is 20.4. The quantitative estimate of drug-likeness (QED) is 0.348. The molecule has 1 aliphatic heterocycles. The average molecular weight is 524 g/mol. The van der Waals surface area contributed by atoms with Gasteiger partial charge in [0.2, 0.25) is 0 Å². The number of carbonyl (C=O) groups is 2. The molecule has 0 aliphatic carbocycles. The number of carbonyl (C=O) groups excluding carboxylic acids is 2. The lowest BCUT2D eigenvalue weighted by Crippen LogP contribution is -2.46. The number of amides is 1. The van der Waals surface area contributed by atoms with Crippen LogP contribution in [0.1, 0.15) is 20.7 Å². The Hall–Kier alpha value is -4.22. The van der Waals surface area contributed by atoms with Gasteiger partial charge in [-0.15, -0.1) is 0 Å². The van der Waals surface area contributed by atoms with Crippen molar-refractivity contribution in [2.75, 3.05) is 45.1 Å². The third-order valence-electron chi connectivity index (χ3n) is 6.40. The molecule has 3 heterocycles. The van der Waals surface area contributed by atoms with Crippen molar-refractivity contribution in [3.05, 3.63) is 83.4 Å². The van der Waals surface area contributed by atoms with Gasteiger partial charge in [-0.1, -0.05) is 6.07 Å². The number of hydrogen-bond acceptors (Lipinski definition) is 6. The average Bonchev–Trinajstić information content (AvgIpc) is 3.32. The van der Waals surface area contributed by atoms with Gasteiger partial charge < -0.3 is 19.9 Å². The van der Waals surface area contributed by atoms with E-state index in [1.807, 2.05) is 7.05 Å². The molecule has 0 unspecified atom stereocenters. The number of hydrogen-bond donors (Lipinski definition) is 2. The predicted molar refractivity (Wildman–Crippen MR) is 135 cm³/mol. The number of ether oxygens (including phenoxy) is 1. The van der Waals surface area contributed by atoms with Gasteiger partial charge in [-0.25, -0.2) is 18.2 Å². The molecule has 1 amide bonds. The Labute approximate surface area is 216 Å². The number of nitrogens with zero attached hydrogens (tertiary/aromatic N) is 3. The van der Waals surface area contributed by atoms with Crippen molar-refractivity contribution in [1.29, 1.82) is 0 Å². The van der Waals surface area contributed by atoms with Crippen LogP contribution in [0.5, 0.6) is 11.5 Å². The molecule has 38 heavy (non-hydrogen) atoms. The van der Waals surface area contributed by atoms with Crippen molar-refractivity contribution in [2.45, 2.75) is 0 Å². The van der Waals surface area contributed by atoms with Crippen molar-refractivity contribution in [3.63, 3.8) is 0 Å². The van der Waals surface area contributed by atoms with Gasteiger partial charge in [-0.2, -0.15) is 0 Å². The lowest BCUT2D eigenvalue weighted by atomic mass is 10.1. The first-order valence-corrected chi connectivity index (χ1v) is 11.9. The van der Waals surface area contributed by atoms with Gasteiger partial charge in [0.1, 0.15) is 28.6 Å². The van der Waals surface area contributed by atoms with E-state index in [9.17, 15) is 22.8 Å². The first kappa shape index (κ1) is 25.4. The molecule has 5 rings (SSSR count). The van der Waals surface area contributed by atoms with Gasteiger partial charge in [-0.05, 0) is 37.4 Å². The SMILES string of the molecule is CN1CCN(CC(=O)c2c[nH]c3nccc(Oc4ccc(NC(=O)c5c(F)cccc5F)cc4F)c23)CC1. The van der Waals surface area contributed by atoms with Crippen LogP contribution < -0.4 is 10.1 Å². The summed E-state index contributed by atoms with van der Waals surface area (Å²) in [5, 5.41) is 2.71. The van der Waals surface area contributed by atoms with Gasteiger partial charge in [0.25, 0.3) is 5.91 Å². The highest BCUT2D eigenvalue weighted by atomic mass is 19.1. The maximum absolute atomic E-state index is 14.9. The number of nitrogens with one attached hydrogen (secondary N) is 2. The van der Waals surface area contributed by atoms with Crippen molar-refractivity contribution >= 4 is 28.4 Å². The summed E-state index contributed by atoms with van der Waals surface area (Å²) in [5.41, 5.74) is 0.0133. The summed E-state index contributed by atoms with van der Waals surface area (Å²) in [7, 11) is 2.04. The highest BCUT2D eigenvalue weighted by Gasteiger charge is 2.23. The Balaban J connectivity index is 1.35. The summed E-state index contributed by atoms with van der Waals surface area (Å²) in [6.07, 6.45) is 3.04. The number of aromatic nitrogens is 2. The number of fused-ring (bicyclic) bond motifs is 1. The monoisotopic (exact) mass is 523 g/mol. The third-order valence-corrected chi connectivity index (χ3v) is 6.40. The second kappa shape index (κ2) is 10.6. The lowest BCUT2D eigenvalue weighted by Gasteiger charge is -2.31. The van der Waals surface area contributed by atoms with Crippen LogP contribution in [0.4, 0.5) is 18.9 Å². The van der Waals surface area contributed by atoms with E-state index in [2.05, 4.69) is 25.1 Å². The van der Waals surface area contributed by atoms with Crippen molar-refractivity contribution < 1.29 is 27.5 Å². The maximum Gasteiger partial charge on any atom is 0.261 e. The highest BCUT2D eigenvalue weighted by Crippen LogP contribution is 2.33. The molecule has 2 N–H and O–H groups in total. The van der Waals surface area contributed by atoms with Crippen LogP contribution in [0.2, 0.25) is 0 Å². The number of rotatable bonds is 7. The Morgan fingerprint density at radius 1 is 1.00 bits per heavy atom. The molecule has 0 bridgehead atoms. The van der Waals surface area contributed by atoms with Crippen LogP contribution in [0.3, 0.4) is 0 Å². The van der Waals surface area contributed by atoms with Crippen molar-refractivity contribution in [2.24, 2.45) is 0 Å². The fraction of sp³-hybridized carbons (Fsp3) is 0.222. The molecule has 2 aromatic heterocycles. The number of halogens is 3. The standard InChI is InChI=1S/C27H24F3N5O3/c1-34-9-11-35(12-10-34)15-21(36)17-14-32-26-24(17)23(7-8-31-26)38-22-6-5-16(13-20(22)30)33-27(37)25-18(28)3-2-4-19(25)29/h2-8,13-14H,9-12,15H2,1H3,(H,31,32)(H,33,37). The molecule has 1 aliphatic rings. The topological polar surface area (TPSA) is 90.6 Å². The number of anilines is 1. The summed E-state index contributed by atoms with van der Waals surface area (Å²) in [6.45, 7) is 3.55. The molecule has 11 heteroatoms. The van der Waals surface area contributed by atoms with Crippen LogP contribution >= 0.6 is 0 Å². The minimum absolute atomic E-state index is 0.0212. The number of benzene rings is 2. The molecule has 4 aromatic rings. The van der Waals surface area contributed by atoms with E-state index in [-0.39, 0.29) is 29.5 Å². The summed E-state index contributed by atoms with van der Waals surface area (Å²) >= 11 is 0. The first-order valence-electron chi connectivity index (χ1n) is 11.9. The third kappa shape index (κ3) is 5.24. The van der Waals surface area contributed by atoms with E-state index < -0.39 is 28.9 Å². The lowest BCUT2D eigenvalue weighted by molar-refractivity contribution is 0.0877. The second-order valence-corrected chi connectivity index (χ2v) is 9.04. The Morgan fingerprint density at radius 3 is 2.45 bits per heavy atom. The smallest absolute Gasteiger partial charge is 0.261 e. The van der Waals surface area contributed by atoms with E-state index in [1.54, 1.807) is 6.20 Å². The van der Waals surface area contributed by atoms with Crippen LogP contribution in [0, 0.1) is 17.5 Å². The summed E-state index contributed by atoms with van der Waals surface area (Å²) in [6, 6.07) is 8.16. The Bertz CT molecular complexity index is 1500. The normalized spacial score (nSPS) is 14.5. The molecule has 0 saturated carbocycles. The van der Waals surface area contributed by atoms with Gasteiger partial charge >= 0.3 is 0 Å². The molecular formula is C27H24F3N5O3. The summed E-state index contributed by atoms with van der Waals surface area (Å²) in [5.74, 6) is -4.02. The minimum Gasteiger partial charge on any atom is -0.453 e. The van der Waals surface area contributed by atoms with Crippen LogP contribution in [0.25, 0.3) is 11.0 Å². The largest absolute Gasteiger partial charge is 0.453 e. The number of aromatic amines is 1. The number of H-pyrrole nitrogens is 1. The fourth-order valence-electron chi connectivity index (χ4n) is 4.31. The van der Waals surface area contributed by atoms with Crippen LogP contribution in [-0.2, 0) is 0 Å². The molecule has 8 nitrogen and oxygen atoms in total. The minimum atomic E-state index is -1.06. The highest BCUT2D eigenvalue weighted by molar-refractivity contribution is 6.10. The van der Waals surface area contributed by atoms with Gasteiger partial charge in [0.05, 0.1) is 11.9 Å². The molecule has 2 aromatic carbocycles. The number of piperazine rings is 1. The molecule has 1 fully saturated rings. The van der Waals surface area contributed by atoms with Crippen molar-refractivity contribution in [1.82, 2.24) is 19.8 Å². The molecular weight excluding hydrogens is 499 g/mol. The predicted octanol–water partition coefficient (Wildman–Crippen LogP) is 4.45. The van der Waals surface area contributed by atoms with Gasteiger partial charge in [0, 0.05) is 55.9 Å². The summed E-state index contributed by atoms with van der Waals surface area (Å²) in [4.78, 5) is 36.9. The first-order chi connectivity index (χ1) is 18.3. The van der Waals surface area contributed by atoms with Crippen LogP contribution in [0.15, 0.2) is 54.9 Å². The van der Waals surface area contributed by atoms with E-state index in [1.165, 1.54) is 24.4 Å². The molecule has 1 saturated heterocycles. The maximum atomic E-state index is 14.9.